The second-order valence-electron chi connectivity index (χ2n) is 11.6. The third kappa shape index (κ3) is 11.9. The van der Waals surface area contributed by atoms with E-state index in [9.17, 15) is 18.0 Å². The summed E-state index contributed by atoms with van der Waals surface area (Å²) in [5.74, 6) is 0.595. The minimum absolute atomic E-state index is 0.0235. The Labute approximate surface area is 259 Å². The number of hydrogen-bond acceptors (Lipinski definition) is 9. The molecule has 0 spiro atoms. The van der Waals surface area contributed by atoms with E-state index in [4.69, 9.17) is 10.3 Å². The summed E-state index contributed by atoms with van der Waals surface area (Å²) in [6.07, 6.45) is 6.52. The number of nitrogens with zero attached hydrogens (tertiary/aromatic N) is 6. The first-order valence-corrected chi connectivity index (χ1v) is 15.4. The van der Waals surface area contributed by atoms with Crippen LogP contribution in [0, 0.1) is 30.4 Å². The Bertz CT molecular complexity index is 1260. The molecule has 2 N–H and O–H groups in total. The number of aromatic nitrogens is 4. The summed E-state index contributed by atoms with van der Waals surface area (Å²) in [6, 6.07) is 4.18. The molecule has 0 radical (unpaired) electrons. The number of nitrogens with two attached hydrogens (primary N) is 1. The molecule has 2 fully saturated rings. The van der Waals surface area contributed by atoms with E-state index < -0.39 is 17.8 Å². The predicted octanol–water partition coefficient (Wildman–Crippen LogP) is 6.88. The number of ketones is 1. The zero-order valence-corrected chi connectivity index (χ0v) is 27.1. The summed E-state index contributed by atoms with van der Waals surface area (Å²) in [7, 11) is 0. The molecular formula is C32H48F3N7O2. The highest BCUT2D eigenvalue weighted by Gasteiger charge is 2.23. The zero-order chi connectivity index (χ0) is 32.8. The van der Waals surface area contributed by atoms with Gasteiger partial charge in [-0.2, -0.15) is 4.98 Å². The van der Waals surface area contributed by atoms with E-state index in [-0.39, 0.29) is 23.6 Å². The van der Waals surface area contributed by atoms with Crippen LogP contribution in [-0.2, 0) is 0 Å². The molecule has 2 aromatic heterocycles. The SMILES string of the molecule is CC(C)C(=O)c1cnc(N2CCC(N)C2)nc1.CC1CCN(c2nc(C(C)F)no2)CC1.CCC.Cc1ccc(F)cc1F. The van der Waals surface area contributed by atoms with Gasteiger partial charge in [-0.1, -0.05) is 52.3 Å². The zero-order valence-electron chi connectivity index (χ0n) is 27.1. The molecule has 5 rings (SSSR count). The first-order valence-electron chi connectivity index (χ1n) is 15.4. The number of alkyl halides is 1. The lowest BCUT2D eigenvalue weighted by atomic mass is 10.00. The van der Waals surface area contributed by atoms with Crippen LogP contribution in [0.5, 0.6) is 0 Å². The van der Waals surface area contributed by atoms with Crippen molar-refractivity contribution in [2.45, 2.75) is 86.4 Å². The van der Waals surface area contributed by atoms with Gasteiger partial charge >= 0.3 is 6.01 Å². The maximum absolute atomic E-state index is 12.9. The molecule has 0 amide bonds. The Morgan fingerprint density at radius 3 is 2.09 bits per heavy atom. The number of hydrogen-bond donors (Lipinski definition) is 1. The van der Waals surface area contributed by atoms with Crippen molar-refractivity contribution in [1.82, 2.24) is 20.1 Å². The average molecular weight is 620 g/mol. The number of rotatable bonds is 5. The van der Waals surface area contributed by atoms with Crippen molar-refractivity contribution in [2.75, 3.05) is 36.0 Å². The fourth-order valence-electron chi connectivity index (χ4n) is 4.20. The quantitative estimate of drug-likeness (QED) is 0.305. The van der Waals surface area contributed by atoms with Crippen LogP contribution >= 0.6 is 0 Å². The molecule has 4 heterocycles. The molecule has 9 nitrogen and oxygen atoms in total. The van der Waals surface area contributed by atoms with E-state index in [1.54, 1.807) is 19.3 Å². The summed E-state index contributed by atoms with van der Waals surface area (Å²) in [5.41, 5.74) is 6.87. The van der Waals surface area contributed by atoms with Crippen LogP contribution in [0.25, 0.3) is 0 Å². The number of benzene rings is 1. The molecule has 1 aromatic carbocycles. The minimum Gasteiger partial charge on any atom is -0.339 e. The average Bonchev–Trinajstić information content (AvgIpc) is 3.66. The van der Waals surface area contributed by atoms with E-state index in [0.29, 0.717) is 23.1 Å². The van der Waals surface area contributed by atoms with Crippen LogP contribution in [-0.4, -0.2) is 58.1 Å². The predicted molar refractivity (Wildman–Crippen MR) is 167 cm³/mol. The number of aryl methyl sites for hydroxylation is 1. The molecule has 12 heteroatoms. The number of anilines is 2. The Kier molecular flexibility index (Phi) is 15.3. The molecule has 2 unspecified atom stereocenters. The fourth-order valence-corrected chi connectivity index (χ4v) is 4.20. The largest absolute Gasteiger partial charge is 0.339 e. The van der Waals surface area contributed by atoms with Gasteiger partial charge in [0.15, 0.2) is 12.0 Å². The topological polar surface area (TPSA) is 114 Å². The highest BCUT2D eigenvalue weighted by Crippen LogP contribution is 2.23. The van der Waals surface area contributed by atoms with Gasteiger partial charge < -0.3 is 20.1 Å². The third-order valence-corrected chi connectivity index (χ3v) is 6.93. The van der Waals surface area contributed by atoms with Crippen molar-refractivity contribution in [3.63, 3.8) is 0 Å². The van der Waals surface area contributed by atoms with Crippen LogP contribution in [0.2, 0.25) is 0 Å². The second kappa shape index (κ2) is 18.3. The summed E-state index contributed by atoms with van der Waals surface area (Å²) < 4.78 is 42.3. The summed E-state index contributed by atoms with van der Waals surface area (Å²) in [5, 5.41) is 3.61. The van der Waals surface area contributed by atoms with E-state index in [2.05, 4.69) is 40.9 Å². The maximum Gasteiger partial charge on any atom is 0.324 e. The van der Waals surface area contributed by atoms with E-state index >= 15 is 0 Å². The molecule has 2 atom stereocenters. The van der Waals surface area contributed by atoms with E-state index in [1.807, 2.05) is 23.6 Å². The standard InChI is InChI=1S/C12H18N4O.C10H16FN3O.C7H6F2.C3H8/c1-8(2)11(17)9-5-14-12(15-6-9)16-4-3-10(13)7-16;1-7-3-5-14(6-4-7)10-12-9(8(2)11)13-15-10;1-5-2-3-6(8)4-7(5)9;1-3-2/h5-6,8,10H,3-4,7,13H2,1-2H3;7-8H,3-6H2,1-2H3;2-4H,1H3;3H2,1-2H3. The summed E-state index contributed by atoms with van der Waals surface area (Å²) >= 11 is 0. The summed E-state index contributed by atoms with van der Waals surface area (Å²) in [6.45, 7) is 16.7. The highest BCUT2D eigenvalue weighted by molar-refractivity contribution is 5.96. The monoisotopic (exact) mass is 619 g/mol. The van der Waals surface area contributed by atoms with E-state index in [1.165, 1.54) is 25.5 Å². The lowest BCUT2D eigenvalue weighted by Crippen LogP contribution is -2.32. The molecule has 44 heavy (non-hydrogen) atoms. The van der Waals surface area contributed by atoms with Gasteiger partial charge in [-0.05, 0) is 50.7 Å². The fraction of sp³-hybridized carbons (Fsp3) is 0.594. The second-order valence-corrected chi connectivity index (χ2v) is 11.6. The van der Waals surface area contributed by atoms with Gasteiger partial charge in [0.25, 0.3) is 0 Å². The Morgan fingerprint density at radius 1 is 1.05 bits per heavy atom. The van der Waals surface area contributed by atoms with Gasteiger partial charge in [0.2, 0.25) is 11.8 Å². The molecular weight excluding hydrogens is 571 g/mol. The molecule has 0 saturated carbocycles. The molecule has 2 aliphatic rings. The van der Waals surface area contributed by atoms with Crippen LogP contribution in [0.15, 0.2) is 35.1 Å². The Morgan fingerprint density at radius 2 is 1.64 bits per heavy atom. The number of carbonyl (C=O) groups is 1. The van der Waals surface area contributed by atoms with E-state index in [0.717, 1.165) is 57.4 Å². The normalized spacial score (nSPS) is 17.1. The van der Waals surface area contributed by atoms with Gasteiger partial charge in [-0.15, -0.1) is 0 Å². The Balaban J connectivity index is 0.000000229. The first kappa shape index (κ1) is 36.7. The van der Waals surface area contributed by atoms with Crippen LogP contribution in [0.4, 0.5) is 25.1 Å². The van der Waals surface area contributed by atoms with Crippen LogP contribution in [0.3, 0.4) is 0 Å². The molecule has 0 aliphatic carbocycles. The molecule has 2 aliphatic heterocycles. The molecule has 0 bridgehead atoms. The number of piperidine rings is 1. The third-order valence-electron chi connectivity index (χ3n) is 6.93. The van der Waals surface area contributed by atoms with Crippen molar-refractivity contribution >= 4 is 17.7 Å². The molecule has 2 saturated heterocycles. The van der Waals surface area contributed by atoms with Gasteiger partial charge in [0, 0.05) is 56.6 Å². The van der Waals surface area contributed by atoms with Gasteiger partial charge in [-0.25, -0.2) is 23.1 Å². The van der Waals surface area contributed by atoms with Crippen LogP contribution in [0.1, 0.15) is 95.1 Å². The number of halogens is 3. The minimum atomic E-state index is -1.16. The van der Waals surface area contributed by atoms with Crippen LogP contribution < -0.4 is 15.5 Å². The highest BCUT2D eigenvalue weighted by atomic mass is 19.1. The van der Waals surface area contributed by atoms with Crippen molar-refractivity contribution in [1.29, 1.82) is 0 Å². The van der Waals surface area contributed by atoms with Crippen molar-refractivity contribution in [3.8, 4) is 0 Å². The number of carbonyl (C=O) groups excluding carboxylic acids is 1. The van der Waals surface area contributed by atoms with Gasteiger partial charge in [0.05, 0.1) is 5.56 Å². The van der Waals surface area contributed by atoms with Crippen molar-refractivity contribution < 1.29 is 22.5 Å². The Hall–Kier alpha value is -3.54. The molecule has 244 valence electrons. The number of Topliss-reactive ketones (excluding diaryl/α,β-unsaturated/α-hetero) is 1. The molecule has 3 aromatic rings. The lowest BCUT2D eigenvalue weighted by molar-refractivity contribution is 0.0938. The van der Waals surface area contributed by atoms with Gasteiger partial charge in [0.1, 0.15) is 11.6 Å². The van der Waals surface area contributed by atoms with Crippen molar-refractivity contribution in [2.24, 2.45) is 17.6 Å². The first-order chi connectivity index (χ1) is 20.9. The van der Waals surface area contributed by atoms with Crippen molar-refractivity contribution in [3.05, 3.63) is 59.2 Å². The lowest BCUT2D eigenvalue weighted by Gasteiger charge is -2.28. The summed E-state index contributed by atoms with van der Waals surface area (Å²) in [4.78, 5) is 28.3. The maximum atomic E-state index is 12.9. The smallest absolute Gasteiger partial charge is 0.324 e. The van der Waals surface area contributed by atoms with Gasteiger partial charge in [-0.3, -0.25) is 4.79 Å².